The number of aromatic nitrogens is 2. The minimum Gasteiger partial charge on any atom is -0.369 e. The minimum atomic E-state index is 0.583. The Morgan fingerprint density at radius 2 is 2.28 bits per heavy atom. The van der Waals surface area contributed by atoms with E-state index in [1.54, 1.807) is 6.20 Å². The van der Waals surface area contributed by atoms with E-state index in [2.05, 4.69) is 26.3 Å². The molecule has 1 fully saturated rings. The van der Waals surface area contributed by atoms with Gasteiger partial charge in [-0.15, -0.1) is 0 Å². The van der Waals surface area contributed by atoms with Crippen LogP contribution in [-0.2, 0) is 6.54 Å². The van der Waals surface area contributed by atoms with Crippen LogP contribution in [0.15, 0.2) is 12.4 Å². The molecule has 96 valence electrons. The van der Waals surface area contributed by atoms with Crippen LogP contribution in [0, 0.1) is 11.3 Å². The molecule has 0 aliphatic heterocycles. The molecule has 1 aromatic heterocycles. The zero-order valence-corrected chi connectivity index (χ0v) is 10.8. The molecule has 0 spiro atoms. The molecule has 1 saturated carbocycles. The van der Waals surface area contributed by atoms with Gasteiger partial charge in [0.1, 0.15) is 5.82 Å². The lowest BCUT2D eigenvalue weighted by atomic mass is 10.3. The maximum atomic E-state index is 8.67. The van der Waals surface area contributed by atoms with Crippen LogP contribution in [0.2, 0.25) is 0 Å². The smallest absolute Gasteiger partial charge is 0.144 e. The van der Waals surface area contributed by atoms with Crippen molar-refractivity contribution in [2.75, 3.05) is 18.4 Å². The highest BCUT2D eigenvalue weighted by Gasteiger charge is 2.28. The summed E-state index contributed by atoms with van der Waals surface area (Å²) in [5, 5.41) is 11.8. The zero-order chi connectivity index (χ0) is 12.8. The van der Waals surface area contributed by atoms with Crippen LogP contribution < -0.4 is 5.32 Å². The molecule has 0 unspecified atom stereocenters. The quantitative estimate of drug-likeness (QED) is 0.793. The van der Waals surface area contributed by atoms with E-state index in [0.717, 1.165) is 31.1 Å². The van der Waals surface area contributed by atoms with Gasteiger partial charge in [0, 0.05) is 32.1 Å². The van der Waals surface area contributed by atoms with Crippen molar-refractivity contribution in [1.82, 2.24) is 14.9 Å². The molecular weight excluding hydrogens is 226 g/mol. The topological polar surface area (TPSA) is 64.8 Å². The lowest BCUT2D eigenvalue weighted by Crippen LogP contribution is -2.27. The third-order valence-electron chi connectivity index (χ3n) is 3.00. The Labute approximate surface area is 108 Å². The van der Waals surface area contributed by atoms with Crippen LogP contribution >= 0.6 is 0 Å². The highest BCUT2D eigenvalue weighted by atomic mass is 15.2. The predicted molar refractivity (Wildman–Crippen MR) is 69.9 cm³/mol. The Hall–Kier alpha value is -1.67. The van der Waals surface area contributed by atoms with Gasteiger partial charge in [-0.05, 0) is 19.8 Å². The second-order valence-electron chi connectivity index (χ2n) is 4.53. The Morgan fingerprint density at radius 1 is 1.44 bits per heavy atom. The van der Waals surface area contributed by atoms with E-state index < -0.39 is 0 Å². The Morgan fingerprint density at radius 3 is 2.83 bits per heavy atom. The van der Waals surface area contributed by atoms with Crippen LogP contribution in [0.3, 0.4) is 0 Å². The Kier molecular flexibility index (Phi) is 4.48. The zero-order valence-electron chi connectivity index (χ0n) is 10.8. The highest BCUT2D eigenvalue weighted by Crippen LogP contribution is 2.28. The number of anilines is 1. The number of rotatable bonds is 7. The monoisotopic (exact) mass is 245 g/mol. The van der Waals surface area contributed by atoms with E-state index in [9.17, 15) is 0 Å². The molecule has 5 heteroatoms. The molecule has 2 rings (SSSR count). The first kappa shape index (κ1) is 12.8. The first-order valence-corrected chi connectivity index (χ1v) is 6.49. The van der Waals surface area contributed by atoms with Crippen LogP contribution in [0.1, 0.15) is 31.9 Å². The third-order valence-corrected chi connectivity index (χ3v) is 3.00. The van der Waals surface area contributed by atoms with Gasteiger partial charge in [-0.25, -0.2) is 4.98 Å². The van der Waals surface area contributed by atoms with Gasteiger partial charge in [0.25, 0.3) is 0 Å². The normalized spacial score (nSPS) is 14.5. The molecule has 0 radical (unpaired) electrons. The van der Waals surface area contributed by atoms with Crippen molar-refractivity contribution in [1.29, 1.82) is 5.26 Å². The van der Waals surface area contributed by atoms with Crippen molar-refractivity contribution >= 4 is 5.82 Å². The fraction of sp³-hybridized carbons (Fsp3) is 0.615. The summed E-state index contributed by atoms with van der Waals surface area (Å²) in [6.07, 6.45) is 6.66. The fourth-order valence-corrected chi connectivity index (χ4v) is 1.94. The van der Waals surface area contributed by atoms with Gasteiger partial charge < -0.3 is 5.32 Å². The number of hydrogen-bond acceptors (Lipinski definition) is 5. The lowest BCUT2D eigenvalue weighted by Gasteiger charge is -2.19. The summed E-state index contributed by atoms with van der Waals surface area (Å²) in [6.45, 7) is 4.51. The van der Waals surface area contributed by atoms with E-state index in [-0.39, 0.29) is 0 Å². The summed E-state index contributed by atoms with van der Waals surface area (Å²) >= 11 is 0. The molecule has 1 N–H and O–H groups in total. The fourth-order valence-electron chi connectivity index (χ4n) is 1.94. The predicted octanol–water partition coefficient (Wildman–Crippen LogP) is 1.79. The average molecular weight is 245 g/mol. The van der Waals surface area contributed by atoms with Crippen molar-refractivity contribution < 1.29 is 0 Å². The molecule has 1 aliphatic carbocycles. The molecule has 5 nitrogen and oxygen atoms in total. The average Bonchev–Trinajstić information content (AvgIpc) is 3.21. The van der Waals surface area contributed by atoms with Gasteiger partial charge >= 0.3 is 0 Å². The number of nitriles is 1. The molecule has 1 aromatic rings. The van der Waals surface area contributed by atoms with E-state index in [4.69, 9.17) is 5.26 Å². The highest BCUT2D eigenvalue weighted by molar-refractivity contribution is 5.30. The Balaban J connectivity index is 1.91. The van der Waals surface area contributed by atoms with Crippen molar-refractivity contribution in [3.05, 3.63) is 18.1 Å². The molecule has 18 heavy (non-hydrogen) atoms. The first-order chi connectivity index (χ1) is 8.83. The van der Waals surface area contributed by atoms with Gasteiger partial charge in [-0.2, -0.15) is 5.26 Å². The molecule has 0 atom stereocenters. The second-order valence-corrected chi connectivity index (χ2v) is 4.53. The summed E-state index contributed by atoms with van der Waals surface area (Å²) in [7, 11) is 0. The maximum absolute atomic E-state index is 8.67. The number of nitrogens with one attached hydrogen (secondary N) is 1. The summed E-state index contributed by atoms with van der Waals surface area (Å²) < 4.78 is 0. The third kappa shape index (κ3) is 3.67. The second kappa shape index (κ2) is 6.31. The molecule has 0 aromatic carbocycles. The summed E-state index contributed by atoms with van der Waals surface area (Å²) in [6, 6.07) is 2.85. The minimum absolute atomic E-state index is 0.583. The standard InChI is InChI=1S/C13H19N5/c1-2-15-13-9-16-11(8-17-13)10-18(7-3-6-14)12-4-5-12/h8-9,12H,2-5,7,10H2,1H3,(H,15,17). The van der Waals surface area contributed by atoms with E-state index in [0.29, 0.717) is 12.5 Å². The lowest BCUT2D eigenvalue weighted by molar-refractivity contribution is 0.257. The molecular formula is C13H19N5. The van der Waals surface area contributed by atoms with Crippen molar-refractivity contribution in [3.8, 4) is 6.07 Å². The van der Waals surface area contributed by atoms with Crippen LogP contribution in [0.5, 0.6) is 0 Å². The molecule has 0 bridgehead atoms. The maximum Gasteiger partial charge on any atom is 0.144 e. The molecule has 0 saturated heterocycles. The van der Waals surface area contributed by atoms with Crippen LogP contribution in [-0.4, -0.2) is 34.0 Å². The molecule has 0 amide bonds. The van der Waals surface area contributed by atoms with E-state index >= 15 is 0 Å². The molecule has 1 aliphatic rings. The summed E-state index contributed by atoms with van der Waals surface area (Å²) in [5.41, 5.74) is 0.974. The summed E-state index contributed by atoms with van der Waals surface area (Å²) in [5.74, 6) is 0.816. The van der Waals surface area contributed by atoms with Gasteiger partial charge in [-0.3, -0.25) is 9.88 Å². The van der Waals surface area contributed by atoms with Gasteiger partial charge in [-0.1, -0.05) is 0 Å². The number of nitrogens with zero attached hydrogens (tertiary/aromatic N) is 4. The molecule has 1 heterocycles. The van der Waals surface area contributed by atoms with Crippen molar-refractivity contribution in [3.63, 3.8) is 0 Å². The van der Waals surface area contributed by atoms with E-state index in [1.807, 2.05) is 13.1 Å². The Bertz CT molecular complexity index is 404. The first-order valence-electron chi connectivity index (χ1n) is 6.49. The van der Waals surface area contributed by atoms with Crippen molar-refractivity contribution in [2.24, 2.45) is 0 Å². The van der Waals surface area contributed by atoms with Crippen LogP contribution in [0.25, 0.3) is 0 Å². The number of hydrogen-bond donors (Lipinski definition) is 1. The van der Waals surface area contributed by atoms with Gasteiger partial charge in [0.15, 0.2) is 0 Å². The van der Waals surface area contributed by atoms with E-state index in [1.165, 1.54) is 12.8 Å². The van der Waals surface area contributed by atoms with Crippen molar-refractivity contribution in [2.45, 2.75) is 38.8 Å². The van der Waals surface area contributed by atoms with Crippen LogP contribution in [0.4, 0.5) is 5.82 Å². The van der Waals surface area contributed by atoms with Gasteiger partial charge in [0.2, 0.25) is 0 Å². The summed E-state index contributed by atoms with van der Waals surface area (Å²) in [4.78, 5) is 11.1. The largest absolute Gasteiger partial charge is 0.369 e. The SMILES string of the molecule is CCNc1cnc(CN(CCC#N)C2CC2)cn1. The van der Waals surface area contributed by atoms with Gasteiger partial charge in [0.05, 0.1) is 24.2 Å².